The second-order valence-corrected chi connectivity index (χ2v) is 14.1. The van der Waals surface area contributed by atoms with Gasteiger partial charge in [-0.05, 0) is 6.08 Å². The average molecular weight is 1020 g/mol. The van der Waals surface area contributed by atoms with Gasteiger partial charge in [-0.1, -0.05) is 6.58 Å². The molecule has 0 saturated heterocycles. The molecule has 0 radical (unpaired) electrons. The van der Waals surface area contributed by atoms with Crippen LogP contribution in [0.1, 0.15) is 33.6 Å². The van der Waals surface area contributed by atoms with E-state index in [1.807, 2.05) is 0 Å². The molecule has 3 N–H and O–H groups in total. The summed E-state index contributed by atoms with van der Waals surface area (Å²) in [6.07, 6.45) is 3.03. The average Bonchev–Trinajstić information content (AvgIpc) is 4.13. The molecular formula is C43H12CoF20N4. The Morgan fingerprint density at radius 2 is 0.691 bits per heavy atom. The van der Waals surface area contributed by atoms with Gasteiger partial charge in [-0.2, -0.15) is 0 Å². The molecule has 7 rings (SSSR count). The standard InChI is InChI=1S/C43H12F20N4.Co/c1-2-12(64)18(21-26(46)34(54)41(61)35(55)27(21)47)13-5-6-16(66-13)20(23-30(50)38(58)43(63)39(59)31(23)51)17-8-7-15(67-17)19(22-28(48)36(56)42(62)37(57)29(22)49)14-4-3-10(65-14)9-11-24(44)32(52)40(60)33(53)25(11)45;/h2-8,67H,1,64H2;/b18-12+,19-14+,20-16+;. The Bertz CT molecular complexity index is 3280. The van der Waals surface area contributed by atoms with Crippen molar-refractivity contribution in [3.8, 4) is 0 Å². The quantitative estimate of drug-likeness (QED) is 0.0657. The van der Waals surface area contributed by atoms with E-state index in [-0.39, 0.29) is 0 Å². The number of H-pyrrole nitrogens is 1. The smallest absolute Gasteiger partial charge is 0.203 e. The Morgan fingerprint density at radius 1 is 0.412 bits per heavy atom. The molecule has 5 aromatic rings. The number of benzene rings is 4. The summed E-state index contributed by atoms with van der Waals surface area (Å²) in [5.41, 5.74) is -12.2. The van der Waals surface area contributed by atoms with Crippen LogP contribution in [0.4, 0.5) is 87.8 Å². The van der Waals surface area contributed by atoms with Crippen molar-refractivity contribution in [2.24, 2.45) is 15.7 Å². The van der Waals surface area contributed by atoms with Gasteiger partial charge >= 0.3 is 267 Å². The maximum absolute atomic E-state index is 15.7. The zero-order chi connectivity index (χ0) is 50.3. The molecule has 0 unspecified atom stereocenters. The molecule has 68 heavy (non-hydrogen) atoms. The SMILES string of the molecule is C=C/C(N)=C(C1=N/C(=C(\c2ccc(/C(=C3/C=CC([C](=[Co])c4c(F)c(F)c(F)c(F)c4F)=N3)c3c(F)c(F)c(F)c(F)c3F)[nH]2)c2c(F)c(F)c(F)c(F)c2F)C=C1)\c1c(F)c(F)c(F)c(F)c1F. The summed E-state index contributed by atoms with van der Waals surface area (Å²) >= 11 is 3.83. The second-order valence-electron chi connectivity index (χ2n) is 13.6. The Hall–Kier alpha value is -7.28. The van der Waals surface area contributed by atoms with Crippen molar-refractivity contribution in [2.45, 2.75) is 0 Å². The van der Waals surface area contributed by atoms with Crippen LogP contribution in [0, 0.1) is 116 Å². The first-order valence-electron chi connectivity index (χ1n) is 17.8. The van der Waals surface area contributed by atoms with Gasteiger partial charge in [0.05, 0.1) is 5.56 Å². The number of aromatic nitrogens is 1. The normalized spacial score (nSPS) is 15.3. The van der Waals surface area contributed by atoms with Crippen LogP contribution < -0.4 is 5.73 Å². The number of nitrogens with two attached hydrogens (primary N) is 1. The monoisotopic (exact) mass is 1020 g/mol. The number of nitrogens with one attached hydrogen (secondary N) is 1. The minimum atomic E-state index is -2.74. The van der Waals surface area contributed by atoms with Crippen LogP contribution in [-0.4, -0.2) is 20.9 Å². The van der Waals surface area contributed by atoms with Crippen LogP contribution in [0.5, 0.6) is 0 Å². The van der Waals surface area contributed by atoms with Gasteiger partial charge in [-0.25, -0.2) is 35.1 Å². The molecule has 4 aromatic carbocycles. The topological polar surface area (TPSA) is 66.5 Å². The Labute approximate surface area is 372 Å². The van der Waals surface area contributed by atoms with Gasteiger partial charge < -0.3 is 5.73 Å². The first kappa shape index (κ1) is 48.6. The van der Waals surface area contributed by atoms with E-state index in [4.69, 9.17) is 5.73 Å². The molecule has 0 bridgehead atoms. The third-order valence-electron chi connectivity index (χ3n) is 9.79. The van der Waals surface area contributed by atoms with Crippen molar-refractivity contribution < 1.29 is 103 Å². The van der Waals surface area contributed by atoms with Crippen LogP contribution in [0.15, 0.2) is 76.2 Å². The minimum Gasteiger partial charge on any atom is -0.203 e. The molecule has 3 heterocycles. The van der Waals surface area contributed by atoms with Gasteiger partial charge in [0, 0.05) is 11.3 Å². The van der Waals surface area contributed by atoms with Crippen LogP contribution in [-0.2, 0) is 15.3 Å². The fraction of sp³-hybridized carbons (Fsp3) is 0. The summed E-state index contributed by atoms with van der Waals surface area (Å²) in [6, 6.07) is 1.16. The number of nitrogens with zero attached hydrogens (tertiary/aromatic N) is 2. The molecule has 1 aromatic heterocycles. The number of hydrogen-bond acceptors (Lipinski definition) is 3. The first-order chi connectivity index (χ1) is 31.9. The molecule has 4 nitrogen and oxygen atoms in total. The van der Waals surface area contributed by atoms with Gasteiger partial charge in [0.25, 0.3) is 0 Å². The fourth-order valence-corrected chi connectivity index (χ4v) is 7.03. The number of rotatable bonds is 9. The molecule has 25 heteroatoms. The number of aliphatic imine (C=N–C) groups is 2. The zero-order valence-corrected chi connectivity index (χ0v) is 33.2. The molecule has 0 amide bonds. The molecule has 0 saturated carbocycles. The van der Waals surface area contributed by atoms with E-state index < -0.39 is 200 Å². The van der Waals surface area contributed by atoms with E-state index in [0.29, 0.717) is 42.5 Å². The number of hydrogen-bond donors (Lipinski definition) is 2. The Morgan fingerprint density at radius 3 is 1.03 bits per heavy atom. The minimum absolute atomic E-state index is 0.580. The van der Waals surface area contributed by atoms with Crippen LogP contribution >= 0.6 is 0 Å². The van der Waals surface area contributed by atoms with Crippen molar-refractivity contribution >= 4 is 32.6 Å². The predicted octanol–water partition coefficient (Wildman–Crippen LogP) is 11.7. The maximum atomic E-state index is 15.7. The number of aromatic amines is 1. The van der Waals surface area contributed by atoms with Crippen LogP contribution in [0.25, 0.3) is 16.7 Å². The van der Waals surface area contributed by atoms with Gasteiger partial charge in [0.1, 0.15) is 0 Å². The fourth-order valence-electron chi connectivity index (χ4n) is 6.66. The summed E-state index contributed by atoms with van der Waals surface area (Å²) in [7, 11) is 0. The summed E-state index contributed by atoms with van der Waals surface area (Å²) in [5, 5.41) is 0. The van der Waals surface area contributed by atoms with Crippen LogP contribution in [0.2, 0.25) is 0 Å². The van der Waals surface area contributed by atoms with E-state index in [0.717, 1.165) is 0 Å². The van der Waals surface area contributed by atoms with E-state index in [1.54, 1.807) is 0 Å². The zero-order valence-electron chi connectivity index (χ0n) is 32.1. The van der Waals surface area contributed by atoms with Crippen molar-refractivity contribution in [3.63, 3.8) is 0 Å². The molecular weight excluding hydrogens is 1010 g/mol. The van der Waals surface area contributed by atoms with E-state index in [2.05, 4.69) is 36.9 Å². The summed E-state index contributed by atoms with van der Waals surface area (Å²) in [5.74, 6) is -51.8. The first-order valence-corrected chi connectivity index (χ1v) is 18.3. The molecule has 0 atom stereocenters. The number of allylic oxidation sites excluding steroid dienone is 6. The summed E-state index contributed by atoms with van der Waals surface area (Å²) < 4.78 is 294. The third-order valence-corrected chi connectivity index (χ3v) is 10.3. The van der Waals surface area contributed by atoms with Gasteiger partial charge in [0.2, 0.25) is 11.6 Å². The molecule has 353 valence electrons. The second kappa shape index (κ2) is 17.7. The van der Waals surface area contributed by atoms with E-state index in [1.165, 1.54) is 0 Å². The van der Waals surface area contributed by atoms with E-state index in [9.17, 15) is 61.5 Å². The summed E-state index contributed by atoms with van der Waals surface area (Å²) in [4.78, 5) is 9.76. The Balaban J connectivity index is 1.53. The number of halogens is 20. The third kappa shape index (κ3) is 7.48. The molecule has 0 spiro atoms. The van der Waals surface area contributed by atoms with Crippen molar-refractivity contribution in [3.05, 3.63) is 216 Å². The molecule has 0 fully saturated rings. The van der Waals surface area contributed by atoms with Gasteiger partial charge in [-0.3, -0.25) is 0 Å². The molecule has 2 aliphatic heterocycles. The molecule has 2 aliphatic rings. The van der Waals surface area contributed by atoms with Crippen molar-refractivity contribution in [1.82, 2.24) is 4.98 Å². The van der Waals surface area contributed by atoms with Crippen molar-refractivity contribution in [1.29, 1.82) is 0 Å². The Kier molecular flexibility index (Phi) is 12.7. The van der Waals surface area contributed by atoms with Crippen LogP contribution in [0.3, 0.4) is 0 Å². The van der Waals surface area contributed by atoms with Crippen molar-refractivity contribution in [2.75, 3.05) is 0 Å². The van der Waals surface area contributed by atoms with Gasteiger partial charge in [-0.15, -0.1) is 0 Å². The summed E-state index contributed by atoms with van der Waals surface area (Å²) in [6.45, 7) is 3.23. The predicted molar refractivity (Wildman–Crippen MR) is 196 cm³/mol. The molecule has 0 aliphatic carbocycles. The van der Waals surface area contributed by atoms with Gasteiger partial charge in [0.15, 0.2) is 23.3 Å². The van der Waals surface area contributed by atoms with E-state index >= 15 is 26.3 Å².